The van der Waals surface area contributed by atoms with Crippen molar-refractivity contribution in [3.05, 3.63) is 34.9 Å². The molecule has 0 N–H and O–H groups in total. The summed E-state index contributed by atoms with van der Waals surface area (Å²) in [7, 11) is 2.16. The fourth-order valence-electron chi connectivity index (χ4n) is 1.74. The highest BCUT2D eigenvalue weighted by molar-refractivity contribution is 9.09. The van der Waals surface area contributed by atoms with Crippen molar-refractivity contribution in [3.8, 4) is 0 Å². The zero-order valence-electron chi connectivity index (χ0n) is 9.92. The van der Waals surface area contributed by atoms with Gasteiger partial charge in [0, 0.05) is 23.4 Å². The molecule has 0 aliphatic rings. The third-order valence-corrected chi connectivity index (χ3v) is 3.86. The molecule has 0 radical (unpaired) electrons. The highest BCUT2D eigenvalue weighted by atomic mass is 79.9. The second-order valence-electron chi connectivity index (χ2n) is 4.26. The Morgan fingerprint density at radius 2 is 2.19 bits per heavy atom. The number of benzene rings is 1. The molecule has 0 aliphatic carbocycles. The lowest BCUT2D eigenvalue weighted by molar-refractivity contribution is 0.278. The first-order valence-corrected chi connectivity index (χ1v) is 7.14. The van der Waals surface area contributed by atoms with Gasteiger partial charge in [-0.1, -0.05) is 53.0 Å². The van der Waals surface area contributed by atoms with Gasteiger partial charge in [-0.15, -0.1) is 0 Å². The highest BCUT2D eigenvalue weighted by Crippen LogP contribution is 2.14. The number of hydrogen-bond donors (Lipinski definition) is 0. The van der Waals surface area contributed by atoms with E-state index in [1.54, 1.807) is 0 Å². The van der Waals surface area contributed by atoms with Gasteiger partial charge in [-0.2, -0.15) is 0 Å². The molecule has 0 aromatic heterocycles. The van der Waals surface area contributed by atoms with Crippen LogP contribution in [0.1, 0.15) is 18.9 Å². The van der Waals surface area contributed by atoms with Crippen LogP contribution in [0.5, 0.6) is 0 Å². The van der Waals surface area contributed by atoms with Crippen molar-refractivity contribution >= 4 is 27.5 Å². The molecule has 1 rings (SSSR count). The van der Waals surface area contributed by atoms with Crippen molar-refractivity contribution in [1.82, 2.24) is 4.90 Å². The van der Waals surface area contributed by atoms with E-state index in [4.69, 9.17) is 11.6 Å². The average molecular weight is 305 g/mol. The van der Waals surface area contributed by atoms with Crippen molar-refractivity contribution in [2.45, 2.75) is 19.9 Å². The minimum atomic E-state index is 0.726. The summed E-state index contributed by atoms with van der Waals surface area (Å²) in [6, 6.07) is 8.08. The smallest absolute Gasteiger partial charge is 0.0409 e. The Labute approximate surface area is 112 Å². The van der Waals surface area contributed by atoms with Gasteiger partial charge in [0.2, 0.25) is 0 Å². The summed E-state index contributed by atoms with van der Waals surface area (Å²) in [4.78, 5) is 2.35. The van der Waals surface area contributed by atoms with Crippen LogP contribution in [0.3, 0.4) is 0 Å². The number of nitrogens with zero attached hydrogens (tertiary/aromatic N) is 1. The lowest BCUT2D eigenvalue weighted by atomic mass is 10.1. The van der Waals surface area contributed by atoms with Crippen molar-refractivity contribution in [1.29, 1.82) is 0 Å². The molecular weight excluding hydrogens is 286 g/mol. The predicted molar refractivity (Wildman–Crippen MR) is 75.4 cm³/mol. The van der Waals surface area contributed by atoms with Crippen molar-refractivity contribution in [3.63, 3.8) is 0 Å². The van der Waals surface area contributed by atoms with Crippen LogP contribution in [0.25, 0.3) is 0 Å². The Balaban J connectivity index is 2.47. The molecule has 0 fully saturated rings. The Kier molecular flexibility index (Phi) is 6.40. The average Bonchev–Trinajstić information content (AvgIpc) is 2.26. The molecule has 0 spiro atoms. The van der Waals surface area contributed by atoms with Gasteiger partial charge < -0.3 is 4.90 Å². The summed E-state index contributed by atoms with van der Waals surface area (Å²) in [5.41, 5.74) is 1.28. The minimum absolute atomic E-state index is 0.726. The van der Waals surface area contributed by atoms with E-state index in [1.165, 1.54) is 12.0 Å². The van der Waals surface area contributed by atoms with Crippen LogP contribution >= 0.6 is 27.5 Å². The monoisotopic (exact) mass is 303 g/mol. The largest absolute Gasteiger partial charge is 0.302 e. The first-order chi connectivity index (χ1) is 7.65. The molecule has 0 saturated heterocycles. The van der Waals surface area contributed by atoms with Gasteiger partial charge in [0.05, 0.1) is 0 Å². The van der Waals surface area contributed by atoms with Gasteiger partial charge in [-0.05, 0) is 30.7 Å². The van der Waals surface area contributed by atoms with E-state index in [9.17, 15) is 0 Å². The van der Waals surface area contributed by atoms with Gasteiger partial charge in [-0.3, -0.25) is 0 Å². The van der Waals surface area contributed by atoms with E-state index < -0.39 is 0 Å². The van der Waals surface area contributed by atoms with Crippen molar-refractivity contribution in [2.24, 2.45) is 5.92 Å². The fourth-order valence-corrected chi connectivity index (χ4v) is 2.61. The van der Waals surface area contributed by atoms with E-state index in [0.717, 1.165) is 29.4 Å². The molecule has 1 aromatic carbocycles. The Morgan fingerprint density at radius 3 is 2.75 bits per heavy atom. The van der Waals surface area contributed by atoms with Crippen LogP contribution < -0.4 is 0 Å². The Bertz CT molecular complexity index is 313. The molecule has 1 atom stereocenters. The lowest BCUT2D eigenvalue weighted by Crippen LogP contribution is -2.25. The molecule has 1 nitrogen and oxygen atoms in total. The van der Waals surface area contributed by atoms with Crippen LogP contribution in [-0.2, 0) is 6.54 Å². The molecule has 3 heteroatoms. The molecule has 0 bridgehead atoms. The van der Waals surface area contributed by atoms with Gasteiger partial charge >= 0.3 is 0 Å². The van der Waals surface area contributed by atoms with Crippen molar-refractivity contribution in [2.75, 3.05) is 18.9 Å². The van der Waals surface area contributed by atoms with E-state index in [0.29, 0.717) is 0 Å². The second-order valence-corrected chi connectivity index (χ2v) is 5.34. The number of rotatable bonds is 6. The zero-order chi connectivity index (χ0) is 12.0. The second kappa shape index (κ2) is 7.31. The van der Waals surface area contributed by atoms with Crippen LogP contribution in [0.15, 0.2) is 24.3 Å². The molecule has 16 heavy (non-hydrogen) atoms. The highest BCUT2D eigenvalue weighted by Gasteiger charge is 2.08. The Morgan fingerprint density at radius 1 is 1.44 bits per heavy atom. The van der Waals surface area contributed by atoms with Gasteiger partial charge in [0.15, 0.2) is 0 Å². The quantitative estimate of drug-likeness (QED) is 0.712. The summed E-state index contributed by atoms with van der Waals surface area (Å²) in [6.45, 7) is 4.32. The number of alkyl halides is 1. The summed E-state index contributed by atoms with van der Waals surface area (Å²) in [6.07, 6.45) is 1.21. The molecule has 90 valence electrons. The molecule has 1 aromatic rings. The SMILES string of the molecule is CCC(CBr)CN(C)Cc1cccc(Cl)c1. The maximum absolute atomic E-state index is 5.96. The predicted octanol–water partition coefficient (Wildman–Crippen LogP) is 4.19. The maximum Gasteiger partial charge on any atom is 0.0409 e. The first kappa shape index (κ1) is 14.0. The molecule has 0 heterocycles. The number of halogens is 2. The van der Waals surface area contributed by atoms with E-state index >= 15 is 0 Å². The van der Waals surface area contributed by atoms with Gasteiger partial charge in [0.1, 0.15) is 0 Å². The normalized spacial score (nSPS) is 13.1. The topological polar surface area (TPSA) is 3.24 Å². The standard InChI is InChI=1S/C13H19BrClN/c1-3-11(8-14)9-16(2)10-12-5-4-6-13(15)7-12/h4-7,11H,3,8-10H2,1-2H3. The Hall–Kier alpha value is -0.0500. The molecule has 0 aliphatic heterocycles. The molecule has 0 saturated carbocycles. The van der Waals surface area contributed by atoms with Crippen LogP contribution in [0.2, 0.25) is 5.02 Å². The first-order valence-electron chi connectivity index (χ1n) is 5.64. The minimum Gasteiger partial charge on any atom is -0.302 e. The summed E-state index contributed by atoms with van der Waals surface area (Å²) in [5, 5.41) is 1.89. The zero-order valence-corrected chi connectivity index (χ0v) is 12.3. The number of hydrogen-bond acceptors (Lipinski definition) is 1. The van der Waals surface area contributed by atoms with Crippen LogP contribution in [0, 0.1) is 5.92 Å². The van der Waals surface area contributed by atoms with Crippen LogP contribution in [0.4, 0.5) is 0 Å². The maximum atomic E-state index is 5.96. The van der Waals surface area contributed by atoms with E-state index in [1.807, 2.05) is 18.2 Å². The fraction of sp³-hybridized carbons (Fsp3) is 0.538. The lowest BCUT2D eigenvalue weighted by Gasteiger charge is -2.21. The third kappa shape index (κ3) is 4.86. The molecular formula is C13H19BrClN. The van der Waals surface area contributed by atoms with E-state index in [2.05, 4.69) is 40.9 Å². The third-order valence-electron chi connectivity index (χ3n) is 2.71. The summed E-state index contributed by atoms with van der Waals surface area (Å²) in [5.74, 6) is 0.726. The van der Waals surface area contributed by atoms with Gasteiger partial charge in [-0.25, -0.2) is 0 Å². The van der Waals surface area contributed by atoms with Crippen molar-refractivity contribution < 1.29 is 0 Å². The van der Waals surface area contributed by atoms with E-state index in [-0.39, 0.29) is 0 Å². The van der Waals surface area contributed by atoms with Crippen LogP contribution in [-0.4, -0.2) is 23.8 Å². The summed E-state index contributed by atoms with van der Waals surface area (Å²) < 4.78 is 0. The molecule has 1 unspecified atom stereocenters. The molecule has 0 amide bonds. The van der Waals surface area contributed by atoms with Gasteiger partial charge in [0.25, 0.3) is 0 Å². The summed E-state index contributed by atoms with van der Waals surface area (Å²) >= 11 is 9.52.